The van der Waals surface area contributed by atoms with Crippen molar-refractivity contribution in [2.24, 2.45) is 0 Å². The summed E-state index contributed by atoms with van der Waals surface area (Å²) in [6.07, 6.45) is 2.55. The van der Waals surface area contributed by atoms with Gasteiger partial charge >= 0.3 is 0 Å². The second-order valence-corrected chi connectivity index (χ2v) is 6.65. The van der Waals surface area contributed by atoms with E-state index in [1.54, 1.807) is 0 Å². The minimum atomic E-state index is -0.454. The lowest BCUT2D eigenvalue weighted by molar-refractivity contribution is -0.128. The van der Waals surface area contributed by atoms with Gasteiger partial charge < -0.3 is 20.3 Å². The van der Waals surface area contributed by atoms with Crippen LogP contribution in [0.2, 0.25) is 0 Å². The first-order valence-corrected chi connectivity index (χ1v) is 9.23. The molecular formula is C21H25N3O3. The Morgan fingerprint density at radius 3 is 2.70 bits per heavy atom. The van der Waals surface area contributed by atoms with E-state index in [2.05, 4.69) is 10.6 Å². The van der Waals surface area contributed by atoms with Crippen LogP contribution in [0, 0.1) is 0 Å². The van der Waals surface area contributed by atoms with Crippen LogP contribution in [0.25, 0.3) is 0 Å². The van der Waals surface area contributed by atoms with Crippen LogP contribution in [0.1, 0.15) is 19.3 Å². The van der Waals surface area contributed by atoms with Crippen molar-refractivity contribution >= 4 is 17.5 Å². The fourth-order valence-electron chi connectivity index (χ4n) is 3.09. The Hall–Kier alpha value is -3.02. The average molecular weight is 367 g/mol. The second-order valence-electron chi connectivity index (χ2n) is 6.65. The quantitative estimate of drug-likeness (QED) is 0.824. The molecule has 1 heterocycles. The molecule has 142 valence electrons. The molecule has 2 aromatic carbocycles. The zero-order chi connectivity index (χ0) is 19.1. The summed E-state index contributed by atoms with van der Waals surface area (Å²) < 4.78 is 5.96. The predicted molar refractivity (Wildman–Crippen MR) is 105 cm³/mol. The molecule has 27 heavy (non-hydrogen) atoms. The Morgan fingerprint density at radius 2 is 1.89 bits per heavy atom. The maximum atomic E-state index is 12.4. The number of likely N-dealkylation sites (N-methyl/N-ethyl adjacent to an activating group) is 1. The molecule has 0 spiro atoms. The minimum Gasteiger partial charge on any atom is -0.455 e. The number of para-hydroxylation sites is 3. The molecule has 1 atom stereocenters. The largest absolute Gasteiger partial charge is 0.455 e. The van der Waals surface area contributed by atoms with Crippen LogP contribution in [0.4, 0.5) is 5.69 Å². The number of benzene rings is 2. The Balaban J connectivity index is 1.64. The highest BCUT2D eigenvalue weighted by Gasteiger charge is 2.23. The van der Waals surface area contributed by atoms with Crippen molar-refractivity contribution in [3.63, 3.8) is 0 Å². The number of nitrogens with one attached hydrogen (secondary N) is 2. The SMILES string of the molecule is CN(CC(=O)NC1CCCCNC1=O)c1ccccc1Oc1ccccc1. The second kappa shape index (κ2) is 9.07. The van der Waals surface area contributed by atoms with Crippen molar-refractivity contribution in [1.82, 2.24) is 10.6 Å². The van der Waals surface area contributed by atoms with Gasteiger partial charge in [-0.2, -0.15) is 0 Å². The van der Waals surface area contributed by atoms with Crippen LogP contribution in [-0.4, -0.2) is 38.0 Å². The topological polar surface area (TPSA) is 70.7 Å². The van der Waals surface area contributed by atoms with E-state index in [0.29, 0.717) is 18.7 Å². The van der Waals surface area contributed by atoms with Gasteiger partial charge in [0.1, 0.15) is 11.8 Å². The Morgan fingerprint density at radius 1 is 1.15 bits per heavy atom. The van der Waals surface area contributed by atoms with Gasteiger partial charge in [0.25, 0.3) is 0 Å². The summed E-state index contributed by atoms with van der Waals surface area (Å²) in [6.45, 7) is 0.814. The number of amides is 2. The standard InChI is InChI=1S/C21H25N3O3/c1-24(15-20(25)23-17-11-7-8-14-22-21(17)26)18-12-5-6-13-19(18)27-16-9-3-2-4-10-16/h2-6,9-10,12-13,17H,7-8,11,14-15H2,1H3,(H,22,26)(H,23,25). The zero-order valence-corrected chi connectivity index (χ0v) is 15.5. The fraction of sp³-hybridized carbons (Fsp3) is 0.333. The fourth-order valence-corrected chi connectivity index (χ4v) is 3.09. The Kier molecular flexibility index (Phi) is 6.30. The maximum absolute atomic E-state index is 12.4. The van der Waals surface area contributed by atoms with Crippen molar-refractivity contribution in [2.75, 3.05) is 25.0 Å². The number of carbonyl (C=O) groups excluding carboxylic acids is 2. The molecule has 1 unspecified atom stereocenters. The molecule has 3 rings (SSSR count). The minimum absolute atomic E-state index is 0.101. The van der Waals surface area contributed by atoms with Crippen molar-refractivity contribution in [3.8, 4) is 11.5 Å². The molecule has 1 saturated heterocycles. The van der Waals surface area contributed by atoms with Crippen LogP contribution in [0.5, 0.6) is 11.5 Å². The van der Waals surface area contributed by atoms with E-state index >= 15 is 0 Å². The van der Waals surface area contributed by atoms with Crippen LogP contribution in [-0.2, 0) is 9.59 Å². The van der Waals surface area contributed by atoms with Gasteiger partial charge in [-0.3, -0.25) is 9.59 Å². The van der Waals surface area contributed by atoms with Crippen LogP contribution in [0.15, 0.2) is 54.6 Å². The highest BCUT2D eigenvalue weighted by molar-refractivity contribution is 5.89. The smallest absolute Gasteiger partial charge is 0.242 e. The molecule has 6 nitrogen and oxygen atoms in total. The molecular weight excluding hydrogens is 342 g/mol. The average Bonchev–Trinajstić information content (AvgIpc) is 2.87. The van der Waals surface area contributed by atoms with Gasteiger partial charge in [-0.1, -0.05) is 30.3 Å². The van der Waals surface area contributed by atoms with Crippen LogP contribution >= 0.6 is 0 Å². The third-order valence-electron chi connectivity index (χ3n) is 4.50. The van der Waals surface area contributed by atoms with E-state index in [1.807, 2.05) is 66.5 Å². The number of rotatable bonds is 6. The lowest BCUT2D eigenvalue weighted by Crippen LogP contribution is -2.48. The lowest BCUT2D eigenvalue weighted by Gasteiger charge is -2.23. The first-order chi connectivity index (χ1) is 13.1. The van der Waals surface area contributed by atoms with Crippen LogP contribution < -0.4 is 20.3 Å². The van der Waals surface area contributed by atoms with Gasteiger partial charge in [-0.05, 0) is 43.5 Å². The van der Waals surface area contributed by atoms with Gasteiger partial charge in [0.2, 0.25) is 11.8 Å². The molecule has 0 saturated carbocycles. The normalized spacial score (nSPS) is 16.8. The Bertz CT molecular complexity index is 779. The van der Waals surface area contributed by atoms with Crippen LogP contribution in [0.3, 0.4) is 0 Å². The summed E-state index contributed by atoms with van der Waals surface area (Å²) in [5, 5.41) is 5.68. The lowest BCUT2D eigenvalue weighted by atomic mass is 10.1. The summed E-state index contributed by atoms with van der Waals surface area (Å²) in [5.41, 5.74) is 0.807. The Labute approximate surface area is 159 Å². The highest BCUT2D eigenvalue weighted by atomic mass is 16.5. The third kappa shape index (κ3) is 5.23. The molecule has 1 fully saturated rings. The van der Waals surface area contributed by atoms with Crippen molar-refractivity contribution in [2.45, 2.75) is 25.3 Å². The summed E-state index contributed by atoms with van der Waals surface area (Å²) in [6, 6.07) is 16.6. The van der Waals surface area contributed by atoms with Crippen molar-refractivity contribution in [1.29, 1.82) is 0 Å². The monoisotopic (exact) mass is 367 g/mol. The highest BCUT2D eigenvalue weighted by Crippen LogP contribution is 2.31. The summed E-state index contributed by atoms with van der Waals surface area (Å²) in [4.78, 5) is 26.3. The third-order valence-corrected chi connectivity index (χ3v) is 4.50. The molecule has 1 aliphatic rings. The van der Waals surface area contributed by atoms with Crippen molar-refractivity contribution in [3.05, 3.63) is 54.6 Å². The molecule has 6 heteroatoms. The number of hydrogen-bond donors (Lipinski definition) is 2. The number of hydrogen-bond acceptors (Lipinski definition) is 4. The molecule has 0 radical (unpaired) electrons. The van der Waals surface area contributed by atoms with E-state index in [-0.39, 0.29) is 18.4 Å². The number of ether oxygens (including phenoxy) is 1. The molecule has 2 aromatic rings. The number of carbonyl (C=O) groups is 2. The molecule has 2 N–H and O–H groups in total. The van der Waals surface area contributed by atoms with Gasteiger partial charge in [0.05, 0.1) is 12.2 Å². The van der Waals surface area contributed by atoms with E-state index in [4.69, 9.17) is 4.74 Å². The maximum Gasteiger partial charge on any atom is 0.242 e. The summed E-state index contributed by atoms with van der Waals surface area (Å²) >= 11 is 0. The number of nitrogens with zero attached hydrogens (tertiary/aromatic N) is 1. The van der Waals surface area contributed by atoms with Gasteiger partial charge in [-0.25, -0.2) is 0 Å². The first kappa shape index (κ1) is 18.8. The van der Waals surface area contributed by atoms with E-state index < -0.39 is 6.04 Å². The number of anilines is 1. The summed E-state index contributed by atoms with van der Waals surface area (Å²) in [7, 11) is 1.83. The van der Waals surface area contributed by atoms with Gasteiger partial charge in [0, 0.05) is 13.6 Å². The molecule has 0 aliphatic carbocycles. The zero-order valence-electron chi connectivity index (χ0n) is 15.5. The summed E-state index contributed by atoms with van der Waals surface area (Å²) in [5.74, 6) is 1.12. The van der Waals surface area contributed by atoms with E-state index in [1.165, 1.54) is 0 Å². The predicted octanol–water partition coefficient (Wildman–Crippen LogP) is 2.70. The van der Waals surface area contributed by atoms with Gasteiger partial charge in [-0.15, -0.1) is 0 Å². The molecule has 2 amide bonds. The molecule has 0 bridgehead atoms. The van der Waals surface area contributed by atoms with Crippen molar-refractivity contribution < 1.29 is 14.3 Å². The molecule has 0 aromatic heterocycles. The van der Waals surface area contributed by atoms with E-state index in [0.717, 1.165) is 24.3 Å². The first-order valence-electron chi connectivity index (χ1n) is 9.23. The molecule has 1 aliphatic heterocycles. The van der Waals surface area contributed by atoms with E-state index in [9.17, 15) is 9.59 Å². The van der Waals surface area contributed by atoms with Gasteiger partial charge in [0.15, 0.2) is 5.75 Å².